The summed E-state index contributed by atoms with van der Waals surface area (Å²) in [5.74, 6) is 0.934. The second kappa shape index (κ2) is 7.22. The maximum atomic E-state index is 4.96. The summed E-state index contributed by atoms with van der Waals surface area (Å²) < 4.78 is 0. The van der Waals surface area contributed by atoms with Crippen LogP contribution in [0.25, 0.3) is 0 Å². The fourth-order valence-corrected chi connectivity index (χ4v) is 3.13. The molecule has 1 unspecified atom stereocenters. The van der Waals surface area contributed by atoms with E-state index in [2.05, 4.69) is 83.0 Å². The molecule has 124 valence electrons. The van der Waals surface area contributed by atoms with Crippen molar-refractivity contribution in [3.8, 4) is 0 Å². The number of para-hydroxylation sites is 1. The van der Waals surface area contributed by atoms with Crippen LogP contribution in [0.1, 0.15) is 17.2 Å². The summed E-state index contributed by atoms with van der Waals surface area (Å²) in [6.45, 7) is 1.62. The fraction of sp³-hybridized carbons (Fsp3) is 0.136. The highest BCUT2D eigenvalue weighted by Gasteiger charge is 2.27. The number of anilines is 1. The average Bonchev–Trinajstić information content (AvgIpc) is 3.13. The van der Waals surface area contributed by atoms with E-state index < -0.39 is 0 Å². The van der Waals surface area contributed by atoms with Gasteiger partial charge >= 0.3 is 0 Å². The zero-order chi connectivity index (χ0) is 16.9. The number of benzene rings is 3. The van der Waals surface area contributed by atoms with Crippen LogP contribution >= 0.6 is 0 Å². The average molecular weight is 327 g/mol. The second-order valence-corrected chi connectivity index (χ2v) is 6.16. The largest absolute Gasteiger partial charge is 0.352 e. The summed E-state index contributed by atoms with van der Waals surface area (Å²) in [6, 6.07) is 31.5. The number of aliphatic imine (C=N–C) groups is 1. The third-order valence-corrected chi connectivity index (χ3v) is 4.43. The van der Waals surface area contributed by atoms with Crippen LogP contribution in [-0.4, -0.2) is 12.5 Å². The van der Waals surface area contributed by atoms with Crippen molar-refractivity contribution in [2.45, 2.75) is 12.6 Å². The Labute approximate surface area is 148 Å². The molecule has 3 aromatic rings. The molecule has 0 spiro atoms. The molecule has 3 nitrogen and oxygen atoms in total. The van der Waals surface area contributed by atoms with E-state index in [-0.39, 0.29) is 6.04 Å². The van der Waals surface area contributed by atoms with E-state index in [9.17, 15) is 0 Å². The minimum absolute atomic E-state index is 0.152. The number of hydrogen-bond acceptors (Lipinski definition) is 3. The first-order valence-electron chi connectivity index (χ1n) is 8.63. The van der Waals surface area contributed by atoms with Crippen LogP contribution in [0, 0.1) is 0 Å². The quantitative estimate of drug-likeness (QED) is 0.769. The molecule has 0 radical (unpaired) electrons. The highest BCUT2D eigenvalue weighted by atomic mass is 15.3. The van der Waals surface area contributed by atoms with Gasteiger partial charge in [-0.3, -0.25) is 0 Å². The predicted molar refractivity (Wildman–Crippen MR) is 104 cm³/mol. The van der Waals surface area contributed by atoms with Crippen LogP contribution in [0.4, 0.5) is 5.69 Å². The lowest BCUT2D eigenvalue weighted by Crippen LogP contribution is -2.38. The predicted octanol–water partition coefficient (Wildman–Crippen LogP) is 4.39. The Balaban J connectivity index is 1.58. The first-order valence-corrected chi connectivity index (χ1v) is 8.63. The molecule has 1 aliphatic heterocycles. The molecule has 25 heavy (non-hydrogen) atoms. The van der Waals surface area contributed by atoms with Gasteiger partial charge in [0.25, 0.3) is 0 Å². The molecular weight excluding hydrogens is 306 g/mol. The molecule has 0 saturated heterocycles. The van der Waals surface area contributed by atoms with Gasteiger partial charge < -0.3 is 10.2 Å². The second-order valence-electron chi connectivity index (χ2n) is 6.16. The number of rotatable bonds is 4. The molecule has 0 aliphatic carbocycles. The number of nitrogens with one attached hydrogen (secondary N) is 1. The van der Waals surface area contributed by atoms with Crippen molar-refractivity contribution in [1.29, 1.82) is 0 Å². The molecule has 0 bridgehead atoms. The van der Waals surface area contributed by atoms with Crippen LogP contribution < -0.4 is 10.2 Å². The lowest BCUT2D eigenvalue weighted by Gasteiger charge is -2.22. The third kappa shape index (κ3) is 3.56. The van der Waals surface area contributed by atoms with Crippen LogP contribution in [0.15, 0.2) is 96.0 Å². The molecule has 0 aromatic heterocycles. The van der Waals surface area contributed by atoms with Gasteiger partial charge in [-0.2, -0.15) is 0 Å². The van der Waals surface area contributed by atoms with Gasteiger partial charge in [-0.15, -0.1) is 0 Å². The standard InChI is InChI=1S/C22H21N3/c1-4-10-18(11-5-1)16-23-22-24-21(19-12-6-2-7-13-19)17-25(22)20-14-8-3-9-15-20/h1-15,21H,16-17H2,(H,23,24). The monoisotopic (exact) mass is 327 g/mol. The van der Waals surface area contributed by atoms with Crippen LogP contribution in [-0.2, 0) is 6.54 Å². The maximum absolute atomic E-state index is 4.96. The molecular formula is C22H21N3. The summed E-state index contributed by atoms with van der Waals surface area (Å²) >= 11 is 0. The smallest absolute Gasteiger partial charge is 0.199 e. The van der Waals surface area contributed by atoms with Crippen molar-refractivity contribution in [1.82, 2.24) is 5.32 Å². The summed E-state index contributed by atoms with van der Waals surface area (Å²) in [7, 11) is 0. The lowest BCUT2D eigenvalue weighted by atomic mass is 10.1. The van der Waals surface area contributed by atoms with Crippen molar-refractivity contribution in [2.24, 2.45) is 4.99 Å². The van der Waals surface area contributed by atoms with Crippen molar-refractivity contribution in [3.05, 3.63) is 102 Å². The molecule has 4 rings (SSSR count). The van der Waals surface area contributed by atoms with E-state index in [0.29, 0.717) is 0 Å². The zero-order valence-electron chi connectivity index (χ0n) is 14.0. The van der Waals surface area contributed by atoms with E-state index in [4.69, 9.17) is 4.99 Å². The van der Waals surface area contributed by atoms with Crippen molar-refractivity contribution in [2.75, 3.05) is 11.4 Å². The van der Waals surface area contributed by atoms with Crippen LogP contribution in [0.5, 0.6) is 0 Å². The maximum Gasteiger partial charge on any atom is 0.199 e. The normalized spacial score (nSPS) is 16.6. The van der Waals surface area contributed by atoms with Crippen LogP contribution in [0.3, 0.4) is 0 Å². The Kier molecular flexibility index (Phi) is 4.46. The van der Waals surface area contributed by atoms with Gasteiger partial charge in [0, 0.05) is 12.2 Å². The number of guanidine groups is 1. The van der Waals surface area contributed by atoms with E-state index in [1.807, 2.05) is 18.2 Å². The van der Waals surface area contributed by atoms with E-state index in [0.717, 1.165) is 19.0 Å². The van der Waals surface area contributed by atoms with Gasteiger partial charge in [0.2, 0.25) is 0 Å². The Morgan fingerprint density at radius 1 is 0.800 bits per heavy atom. The lowest BCUT2D eigenvalue weighted by molar-refractivity contribution is 0.780. The Bertz CT molecular complexity index is 829. The minimum Gasteiger partial charge on any atom is -0.352 e. The Hall–Kier alpha value is -3.07. The molecule has 1 atom stereocenters. The van der Waals surface area contributed by atoms with Gasteiger partial charge in [0.05, 0.1) is 12.6 Å². The number of hydrogen-bond donors (Lipinski definition) is 1. The molecule has 0 amide bonds. The van der Waals surface area contributed by atoms with Gasteiger partial charge in [0.1, 0.15) is 0 Å². The number of nitrogens with zero attached hydrogens (tertiary/aromatic N) is 2. The van der Waals surface area contributed by atoms with E-state index in [1.165, 1.54) is 16.8 Å². The van der Waals surface area contributed by atoms with Gasteiger partial charge in [0.15, 0.2) is 5.96 Å². The highest BCUT2D eigenvalue weighted by molar-refractivity contribution is 5.98. The SMILES string of the molecule is c1ccc(CNC2=NC(c3ccccc3)CN2c2ccccc2)cc1. The zero-order valence-corrected chi connectivity index (χ0v) is 14.0. The summed E-state index contributed by atoms with van der Waals surface area (Å²) in [5.41, 5.74) is 3.67. The molecule has 3 heteroatoms. The Morgan fingerprint density at radius 3 is 2.08 bits per heavy atom. The van der Waals surface area contributed by atoms with E-state index >= 15 is 0 Å². The summed E-state index contributed by atoms with van der Waals surface area (Å²) in [5, 5.41) is 3.52. The van der Waals surface area contributed by atoms with Crippen molar-refractivity contribution >= 4 is 11.6 Å². The van der Waals surface area contributed by atoms with Gasteiger partial charge in [-0.05, 0) is 23.3 Å². The fourth-order valence-electron chi connectivity index (χ4n) is 3.13. The van der Waals surface area contributed by atoms with Crippen molar-refractivity contribution < 1.29 is 0 Å². The summed E-state index contributed by atoms with van der Waals surface area (Å²) in [6.07, 6.45) is 0. The van der Waals surface area contributed by atoms with Crippen molar-refractivity contribution in [3.63, 3.8) is 0 Å². The first kappa shape index (κ1) is 15.5. The third-order valence-electron chi connectivity index (χ3n) is 4.43. The first-order chi connectivity index (χ1) is 12.4. The molecule has 3 aromatic carbocycles. The molecule has 0 fully saturated rings. The Morgan fingerprint density at radius 2 is 1.40 bits per heavy atom. The molecule has 1 heterocycles. The molecule has 1 N–H and O–H groups in total. The highest BCUT2D eigenvalue weighted by Crippen LogP contribution is 2.28. The topological polar surface area (TPSA) is 27.6 Å². The summed E-state index contributed by atoms with van der Waals surface area (Å²) in [4.78, 5) is 7.23. The minimum atomic E-state index is 0.152. The van der Waals surface area contributed by atoms with E-state index in [1.54, 1.807) is 0 Å². The molecule has 0 saturated carbocycles. The van der Waals surface area contributed by atoms with Gasteiger partial charge in [-0.25, -0.2) is 4.99 Å². The van der Waals surface area contributed by atoms with Gasteiger partial charge in [-0.1, -0.05) is 78.9 Å². The van der Waals surface area contributed by atoms with Crippen LogP contribution in [0.2, 0.25) is 0 Å². The molecule has 1 aliphatic rings.